The first kappa shape index (κ1) is 37.9. The van der Waals surface area contributed by atoms with E-state index in [2.05, 4.69) is 25.9 Å². The number of methoxy groups -OCH3 is 1. The van der Waals surface area contributed by atoms with Gasteiger partial charge in [-0.1, -0.05) is 12.1 Å². The van der Waals surface area contributed by atoms with Gasteiger partial charge in [-0.05, 0) is 76.6 Å². The standard InChI is InChI=1S/C38H46F3N7O5/c1-24-22-46(31(23-49)27-8-7-9-28(20-27)44-14-16-45(17-15-44)36(51)53-37(3,4)5)18-19-47(24)35(50)30-21-42-48-33(38(39,40)41)25(2)32(43-34(30)48)26-10-12-29(52-6)13-11-26/h7-13,20-21,24,31,49H,14-19,22-23H2,1-6H3/t24-,31+/m1/s1. The number of halogens is 3. The van der Waals surface area contributed by atoms with Crippen molar-refractivity contribution in [2.75, 3.05) is 64.4 Å². The number of carbonyl (C=O) groups excluding carboxylic acids is 2. The number of nitrogens with zero attached hydrogens (tertiary/aromatic N) is 7. The largest absolute Gasteiger partial charge is 0.497 e. The van der Waals surface area contributed by atoms with E-state index in [0.717, 1.165) is 17.4 Å². The second-order valence-electron chi connectivity index (χ2n) is 14.5. The lowest BCUT2D eigenvalue weighted by Gasteiger charge is -2.43. The van der Waals surface area contributed by atoms with Crippen LogP contribution in [-0.4, -0.2) is 118 Å². The van der Waals surface area contributed by atoms with Crippen molar-refractivity contribution >= 4 is 23.3 Å². The maximum absolute atomic E-state index is 14.5. The van der Waals surface area contributed by atoms with Gasteiger partial charge >= 0.3 is 12.3 Å². The van der Waals surface area contributed by atoms with Crippen LogP contribution in [0.4, 0.5) is 23.7 Å². The summed E-state index contributed by atoms with van der Waals surface area (Å²) in [5, 5.41) is 14.6. The molecule has 0 bridgehead atoms. The van der Waals surface area contributed by atoms with Gasteiger partial charge in [0.25, 0.3) is 5.91 Å². The topological polar surface area (TPSA) is 116 Å². The Bertz CT molecular complexity index is 1950. The average Bonchev–Trinajstić information content (AvgIpc) is 3.53. The van der Waals surface area contributed by atoms with Gasteiger partial charge in [-0.25, -0.2) is 14.3 Å². The Morgan fingerprint density at radius 3 is 2.30 bits per heavy atom. The van der Waals surface area contributed by atoms with Crippen molar-refractivity contribution in [1.29, 1.82) is 0 Å². The van der Waals surface area contributed by atoms with Crippen LogP contribution in [0.25, 0.3) is 16.9 Å². The molecule has 0 aliphatic carbocycles. The van der Waals surface area contributed by atoms with Gasteiger partial charge in [-0.3, -0.25) is 9.69 Å². The second kappa shape index (κ2) is 14.9. The molecule has 2 aliphatic rings. The molecule has 2 saturated heterocycles. The number of alkyl halides is 3. The summed E-state index contributed by atoms with van der Waals surface area (Å²) >= 11 is 0. The van der Waals surface area contributed by atoms with E-state index in [1.54, 1.807) is 34.1 Å². The molecule has 2 aliphatic heterocycles. The zero-order valence-corrected chi connectivity index (χ0v) is 30.9. The Morgan fingerprint density at radius 1 is 1.00 bits per heavy atom. The van der Waals surface area contributed by atoms with E-state index in [9.17, 15) is 27.9 Å². The molecule has 2 fully saturated rings. The number of carbonyl (C=O) groups is 2. The molecule has 2 aromatic carbocycles. The minimum atomic E-state index is -4.76. The molecular weight excluding hydrogens is 691 g/mol. The molecule has 12 nitrogen and oxygen atoms in total. The summed E-state index contributed by atoms with van der Waals surface area (Å²) in [6, 6.07) is 13.8. The number of aromatic nitrogens is 3. The number of piperazine rings is 2. The predicted molar refractivity (Wildman–Crippen MR) is 193 cm³/mol. The predicted octanol–water partition coefficient (Wildman–Crippen LogP) is 5.67. The Kier molecular flexibility index (Phi) is 10.6. The Morgan fingerprint density at radius 2 is 1.70 bits per heavy atom. The van der Waals surface area contributed by atoms with Crippen molar-refractivity contribution in [2.45, 2.75) is 58.5 Å². The lowest BCUT2D eigenvalue weighted by atomic mass is 10.0. The van der Waals surface area contributed by atoms with Crippen LogP contribution < -0.4 is 9.64 Å². The zero-order valence-electron chi connectivity index (χ0n) is 30.9. The molecule has 0 saturated carbocycles. The van der Waals surface area contributed by atoms with Gasteiger partial charge in [0.05, 0.1) is 31.6 Å². The number of aliphatic hydroxyl groups is 1. The number of aliphatic hydroxyl groups excluding tert-OH is 1. The van der Waals surface area contributed by atoms with E-state index in [1.807, 2.05) is 45.9 Å². The number of benzene rings is 2. The Labute approximate surface area is 306 Å². The Balaban J connectivity index is 1.18. The quantitative estimate of drug-likeness (QED) is 0.256. The fraction of sp³-hybridized carbons (Fsp3) is 0.474. The van der Waals surface area contributed by atoms with E-state index in [0.29, 0.717) is 55.1 Å². The number of anilines is 1. The molecule has 15 heteroatoms. The van der Waals surface area contributed by atoms with Gasteiger partial charge in [0.1, 0.15) is 16.9 Å². The summed E-state index contributed by atoms with van der Waals surface area (Å²) in [7, 11) is 1.50. The van der Waals surface area contributed by atoms with Crippen molar-refractivity contribution in [3.8, 4) is 17.0 Å². The summed E-state index contributed by atoms with van der Waals surface area (Å²) in [6.45, 7) is 12.1. The third-order valence-corrected chi connectivity index (χ3v) is 9.83. The number of amides is 2. The molecule has 4 aromatic rings. The minimum absolute atomic E-state index is 0.0243. The minimum Gasteiger partial charge on any atom is -0.497 e. The number of fused-ring (bicyclic) bond motifs is 1. The van der Waals surface area contributed by atoms with Gasteiger partial charge in [-0.2, -0.15) is 18.3 Å². The molecule has 2 atom stereocenters. The maximum atomic E-state index is 14.5. The van der Waals surface area contributed by atoms with E-state index >= 15 is 0 Å². The van der Waals surface area contributed by atoms with E-state index < -0.39 is 23.4 Å². The number of hydrogen-bond acceptors (Lipinski definition) is 9. The molecule has 4 heterocycles. The molecule has 0 radical (unpaired) electrons. The van der Waals surface area contributed by atoms with Gasteiger partial charge in [0.2, 0.25) is 0 Å². The Hall–Kier alpha value is -4.89. The number of rotatable bonds is 7. The van der Waals surface area contributed by atoms with Crippen molar-refractivity contribution in [3.63, 3.8) is 0 Å². The highest BCUT2D eigenvalue weighted by Gasteiger charge is 2.40. The van der Waals surface area contributed by atoms with Crippen molar-refractivity contribution in [2.24, 2.45) is 0 Å². The van der Waals surface area contributed by atoms with Crippen LogP contribution >= 0.6 is 0 Å². The van der Waals surface area contributed by atoms with Gasteiger partial charge < -0.3 is 29.3 Å². The number of ether oxygens (including phenoxy) is 2. The summed E-state index contributed by atoms with van der Waals surface area (Å²) in [4.78, 5) is 38.9. The molecule has 2 amide bonds. The van der Waals surface area contributed by atoms with E-state index in [-0.39, 0.29) is 53.8 Å². The third kappa shape index (κ3) is 7.91. The van der Waals surface area contributed by atoms with Crippen LogP contribution in [0.5, 0.6) is 5.75 Å². The molecule has 0 spiro atoms. The van der Waals surface area contributed by atoms with Crippen LogP contribution in [0, 0.1) is 6.92 Å². The average molecular weight is 738 g/mol. The van der Waals surface area contributed by atoms with E-state index in [1.165, 1.54) is 14.0 Å². The van der Waals surface area contributed by atoms with Crippen LogP contribution in [0.1, 0.15) is 60.9 Å². The van der Waals surface area contributed by atoms with Gasteiger partial charge in [0, 0.05) is 68.7 Å². The molecule has 0 unspecified atom stereocenters. The number of hydrogen-bond donors (Lipinski definition) is 1. The molecule has 1 N–H and O–H groups in total. The molecular formula is C38H46F3N7O5. The third-order valence-electron chi connectivity index (χ3n) is 9.83. The van der Waals surface area contributed by atoms with Gasteiger partial charge in [0.15, 0.2) is 11.3 Å². The first-order valence-corrected chi connectivity index (χ1v) is 17.7. The second-order valence-corrected chi connectivity index (χ2v) is 14.5. The first-order chi connectivity index (χ1) is 25.1. The molecule has 6 rings (SSSR count). The molecule has 2 aromatic heterocycles. The lowest BCUT2D eigenvalue weighted by molar-refractivity contribution is -0.143. The highest BCUT2D eigenvalue weighted by molar-refractivity contribution is 6.00. The van der Waals surface area contributed by atoms with E-state index in [4.69, 9.17) is 9.47 Å². The summed E-state index contributed by atoms with van der Waals surface area (Å²) in [6.07, 6.45) is -3.93. The normalized spacial score (nSPS) is 18.0. The van der Waals surface area contributed by atoms with Crippen LogP contribution in [0.15, 0.2) is 54.7 Å². The highest BCUT2D eigenvalue weighted by atomic mass is 19.4. The first-order valence-electron chi connectivity index (χ1n) is 17.7. The van der Waals surface area contributed by atoms with Crippen molar-refractivity contribution in [1.82, 2.24) is 29.3 Å². The fourth-order valence-corrected chi connectivity index (χ4v) is 7.15. The van der Waals surface area contributed by atoms with Crippen LogP contribution in [0.3, 0.4) is 0 Å². The maximum Gasteiger partial charge on any atom is 0.433 e. The van der Waals surface area contributed by atoms with Crippen LogP contribution in [0.2, 0.25) is 0 Å². The van der Waals surface area contributed by atoms with Gasteiger partial charge in [-0.15, -0.1) is 0 Å². The van der Waals surface area contributed by atoms with Crippen molar-refractivity contribution in [3.05, 3.63) is 77.1 Å². The highest BCUT2D eigenvalue weighted by Crippen LogP contribution is 2.37. The SMILES string of the molecule is COc1ccc(-c2nc3c(C(=O)N4CCN([C@@H](CO)c5cccc(N6CCN(C(=O)OC(C)(C)C)CC6)c5)C[C@H]4C)cnn3c(C(F)(F)F)c2C)cc1. The van der Waals surface area contributed by atoms with Crippen LogP contribution in [-0.2, 0) is 10.9 Å². The fourth-order valence-electron chi connectivity index (χ4n) is 7.15. The monoisotopic (exact) mass is 737 g/mol. The molecule has 53 heavy (non-hydrogen) atoms. The summed E-state index contributed by atoms with van der Waals surface area (Å²) in [5.41, 5.74) is 0.567. The summed E-state index contributed by atoms with van der Waals surface area (Å²) < 4.78 is 54.9. The molecule has 284 valence electrons. The smallest absolute Gasteiger partial charge is 0.433 e. The van der Waals surface area contributed by atoms with Crippen molar-refractivity contribution < 1.29 is 37.3 Å². The zero-order chi connectivity index (χ0) is 38.2. The lowest BCUT2D eigenvalue weighted by Crippen LogP contribution is -2.55. The summed E-state index contributed by atoms with van der Waals surface area (Å²) in [5.74, 6) is 0.0774.